The molecule has 2 aromatic rings. The number of rotatable bonds is 5. The van der Waals surface area contributed by atoms with Crippen molar-refractivity contribution in [3.63, 3.8) is 0 Å². The van der Waals surface area contributed by atoms with Crippen LogP contribution in [-0.4, -0.2) is 58.7 Å². The number of amides is 2. The summed E-state index contributed by atoms with van der Waals surface area (Å²) in [6.45, 7) is 0.00207. The van der Waals surface area contributed by atoms with Crippen molar-refractivity contribution < 1.29 is 18.3 Å². The number of urea groups is 1. The van der Waals surface area contributed by atoms with E-state index in [-0.39, 0.29) is 6.03 Å². The second-order valence-electron chi connectivity index (χ2n) is 5.95. The molecule has 2 heterocycles. The van der Waals surface area contributed by atoms with Gasteiger partial charge in [0.15, 0.2) is 0 Å². The summed E-state index contributed by atoms with van der Waals surface area (Å²) in [5.41, 5.74) is 0.692. The highest BCUT2D eigenvalue weighted by Crippen LogP contribution is 2.17. The number of nitrogens with zero attached hydrogens (tertiary/aromatic N) is 4. The Bertz CT molecular complexity index is 727. The Balaban J connectivity index is 1.49. The summed E-state index contributed by atoms with van der Waals surface area (Å²) in [6.07, 6.45) is 2.65. The summed E-state index contributed by atoms with van der Waals surface area (Å²) in [5.74, 6) is 1.05. The maximum absolute atomic E-state index is 12.9. The molecule has 0 aliphatic carbocycles. The van der Waals surface area contributed by atoms with Crippen molar-refractivity contribution in [1.29, 1.82) is 0 Å². The number of hydrogen-bond acceptors (Lipinski definition) is 4. The van der Waals surface area contributed by atoms with Crippen LogP contribution in [0.5, 0.6) is 5.75 Å². The molecule has 26 heavy (non-hydrogen) atoms. The van der Waals surface area contributed by atoms with Gasteiger partial charge in [-0.15, -0.1) is 0 Å². The van der Waals surface area contributed by atoms with Crippen molar-refractivity contribution in [1.82, 2.24) is 19.4 Å². The predicted molar refractivity (Wildman–Crippen MR) is 92.3 cm³/mol. The Hall–Kier alpha value is -2.68. The van der Waals surface area contributed by atoms with Gasteiger partial charge in [-0.25, -0.2) is 9.78 Å². The predicted octanol–water partition coefficient (Wildman–Crippen LogP) is 2.64. The number of carbonyl (C=O) groups is 1. The van der Waals surface area contributed by atoms with E-state index in [2.05, 4.69) is 10.3 Å². The third kappa shape index (κ3) is 4.29. The van der Waals surface area contributed by atoms with Gasteiger partial charge in [-0.2, -0.15) is 8.78 Å². The average Bonchev–Trinajstić information content (AvgIpc) is 3.11. The van der Waals surface area contributed by atoms with Gasteiger partial charge in [0.05, 0.1) is 13.7 Å². The van der Waals surface area contributed by atoms with Gasteiger partial charge in [-0.1, -0.05) is 0 Å². The van der Waals surface area contributed by atoms with Crippen LogP contribution >= 0.6 is 0 Å². The van der Waals surface area contributed by atoms with Crippen molar-refractivity contribution in [2.75, 3.05) is 38.6 Å². The normalized spacial score (nSPS) is 15.3. The first-order chi connectivity index (χ1) is 12.6. The molecule has 1 aromatic carbocycles. The number of imidazole rings is 1. The summed E-state index contributed by atoms with van der Waals surface area (Å²) < 4.78 is 31.7. The summed E-state index contributed by atoms with van der Waals surface area (Å²) in [6, 6.07) is 6.93. The number of hydrogen-bond donors (Lipinski definition) is 1. The van der Waals surface area contributed by atoms with E-state index in [0.29, 0.717) is 44.2 Å². The monoisotopic (exact) mass is 365 g/mol. The van der Waals surface area contributed by atoms with Gasteiger partial charge < -0.3 is 15.0 Å². The second-order valence-corrected chi connectivity index (χ2v) is 5.95. The minimum atomic E-state index is -2.59. The number of benzene rings is 1. The van der Waals surface area contributed by atoms with E-state index in [1.165, 1.54) is 12.4 Å². The smallest absolute Gasteiger partial charge is 0.321 e. The number of ether oxygens (including phenoxy) is 1. The molecule has 1 aromatic heterocycles. The Morgan fingerprint density at radius 1 is 1.23 bits per heavy atom. The molecule has 1 aliphatic rings. The molecule has 0 radical (unpaired) electrons. The van der Waals surface area contributed by atoms with E-state index < -0.39 is 6.55 Å². The first kappa shape index (κ1) is 18.1. The van der Waals surface area contributed by atoms with Crippen LogP contribution in [0.3, 0.4) is 0 Å². The van der Waals surface area contributed by atoms with Gasteiger partial charge >= 0.3 is 12.6 Å². The molecule has 140 valence electrons. The number of anilines is 1. The quantitative estimate of drug-likeness (QED) is 0.885. The maximum atomic E-state index is 12.9. The van der Waals surface area contributed by atoms with Crippen LogP contribution in [0.15, 0.2) is 36.7 Å². The molecule has 0 bridgehead atoms. The fourth-order valence-electron chi connectivity index (χ4n) is 2.83. The number of aromatic nitrogens is 2. The molecular weight excluding hydrogens is 344 g/mol. The highest BCUT2D eigenvalue weighted by atomic mass is 19.3. The molecular formula is C17H21F2N5O2. The van der Waals surface area contributed by atoms with E-state index >= 15 is 0 Å². The zero-order valence-corrected chi connectivity index (χ0v) is 14.4. The third-order valence-corrected chi connectivity index (χ3v) is 4.32. The fraction of sp³-hybridized carbons (Fsp3) is 0.412. The van der Waals surface area contributed by atoms with Crippen LogP contribution in [0.4, 0.5) is 19.3 Å². The van der Waals surface area contributed by atoms with Gasteiger partial charge in [0.2, 0.25) is 0 Å². The van der Waals surface area contributed by atoms with Gasteiger partial charge in [0.1, 0.15) is 11.6 Å². The SMILES string of the molecule is COc1ccc(NC(=O)N2CCN(Cc3nccn3C(F)F)CC2)cc1. The molecule has 7 nitrogen and oxygen atoms in total. The largest absolute Gasteiger partial charge is 0.497 e. The average molecular weight is 365 g/mol. The molecule has 1 aliphatic heterocycles. The maximum Gasteiger partial charge on any atom is 0.321 e. The summed E-state index contributed by atoms with van der Waals surface area (Å²) >= 11 is 0. The summed E-state index contributed by atoms with van der Waals surface area (Å²) in [4.78, 5) is 20.1. The first-order valence-corrected chi connectivity index (χ1v) is 8.29. The van der Waals surface area contributed by atoms with E-state index in [0.717, 1.165) is 10.3 Å². The van der Waals surface area contributed by atoms with E-state index in [1.807, 2.05) is 4.90 Å². The van der Waals surface area contributed by atoms with Crippen LogP contribution in [-0.2, 0) is 6.54 Å². The lowest BCUT2D eigenvalue weighted by Gasteiger charge is -2.34. The van der Waals surface area contributed by atoms with Crippen LogP contribution in [0.1, 0.15) is 12.4 Å². The Kier molecular flexibility index (Phi) is 5.67. The number of piperazine rings is 1. The number of alkyl halides is 2. The first-order valence-electron chi connectivity index (χ1n) is 8.29. The van der Waals surface area contributed by atoms with Crippen molar-refractivity contribution in [3.05, 3.63) is 42.5 Å². The van der Waals surface area contributed by atoms with Gasteiger partial charge in [0.25, 0.3) is 0 Å². The minimum absolute atomic E-state index is 0.177. The highest BCUT2D eigenvalue weighted by molar-refractivity contribution is 5.89. The zero-order chi connectivity index (χ0) is 18.5. The highest BCUT2D eigenvalue weighted by Gasteiger charge is 2.23. The summed E-state index contributed by atoms with van der Waals surface area (Å²) in [5, 5.41) is 2.84. The lowest BCUT2D eigenvalue weighted by Crippen LogP contribution is -2.49. The minimum Gasteiger partial charge on any atom is -0.497 e. The molecule has 1 fully saturated rings. The van der Waals surface area contributed by atoms with E-state index in [9.17, 15) is 13.6 Å². The standard InChI is InChI=1S/C17H21F2N5O2/c1-26-14-4-2-13(3-5-14)21-17(25)23-10-8-22(9-11-23)12-15-20-6-7-24(15)16(18)19/h2-7,16H,8-12H2,1H3,(H,21,25). The van der Waals surface area contributed by atoms with Crippen LogP contribution < -0.4 is 10.1 Å². The molecule has 0 saturated carbocycles. The van der Waals surface area contributed by atoms with Crippen molar-refractivity contribution in [2.24, 2.45) is 0 Å². The summed E-state index contributed by atoms with van der Waals surface area (Å²) in [7, 11) is 1.58. The van der Waals surface area contributed by atoms with E-state index in [4.69, 9.17) is 4.74 Å². The third-order valence-electron chi connectivity index (χ3n) is 4.32. The van der Waals surface area contributed by atoms with Crippen molar-refractivity contribution in [2.45, 2.75) is 13.1 Å². The molecule has 2 amide bonds. The fourth-order valence-corrected chi connectivity index (χ4v) is 2.83. The lowest BCUT2D eigenvalue weighted by molar-refractivity contribution is 0.0620. The van der Waals surface area contributed by atoms with Crippen LogP contribution in [0.25, 0.3) is 0 Å². The van der Waals surface area contributed by atoms with Crippen LogP contribution in [0, 0.1) is 0 Å². The van der Waals surface area contributed by atoms with E-state index in [1.54, 1.807) is 36.3 Å². The number of halogens is 2. The Labute approximate surface area is 150 Å². The van der Waals surface area contributed by atoms with Crippen LogP contribution in [0.2, 0.25) is 0 Å². The molecule has 1 N–H and O–H groups in total. The number of methoxy groups -OCH3 is 1. The molecule has 0 unspecified atom stereocenters. The Morgan fingerprint density at radius 2 is 1.92 bits per heavy atom. The molecule has 3 rings (SSSR count). The van der Waals surface area contributed by atoms with Gasteiger partial charge in [-0.05, 0) is 24.3 Å². The molecule has 1 saturated heterocycles. The zero-order valence-electron chi connectivity index (χ0n) is 14.4. The van der Waals surface area contributed by atoms with Crippen molar-refractivity contribution >= 4 is 11.7 Å². The van der Waals surface area contributed by atoms with Gasteiger partial charge in [0, 0.05) is 44.3 Å². The molecule has 0 spiro atoms. The molecule has 0 atom stereocenters. The van der Waals surface area contributed by atoms with Crippen molar-refractivity contribution in [3.8, 4) is 5.75 Å². The topological polar surface area (TPSA) is 62.6 Å². The van der Waals surface area contributed by atoms with Gasteiger partial charge in [-0.3, -0.25) is 9.47 Å². The Morgan fingerprint density at radius 3 is 2.54 bits per heavy atom. The lowest BCUT2D eigenvalue weighted by atomic mass is 10.3. The number of nitrogens with one attached hydrogen (secondary N) is 1. The second kappa shape index (κ2) is 8.13. The molecule has 9 heteroatoms. The number of carbonyl (C=O) groups excluding carboxylic acids is 1.